The van der Waals surface area contributed by atoms with Crippen LogP contribution in [0, 0.1) is 13.8 Å². The van der Waals surface area contributed by atoms with Crippen LogP contribution in [-0.4, -0.2) is 31.3 Å². The zero-order valence-corrected chi connectivity index (χ0v) is 15.9. The van der Waals surface area contributed by atoms with Gasteiger partial charge in [0.15, 0.2) is 0 Å². The molecule has 1 aliphatic rings. The van der Waals surface area contributed by atoms with Crippen LogP contribution in [0.4, 0.5) is 11.4 Å². The number of benzene rings is 2. The Balaban J connectivity index is 1.82. The van der Waals surface area contributed by atoms with Gasteiger partial charge >= 0.3 is 0 Å². The van der Waals surface area contributed by atoms with Crippen LogP contribution in [0.25, 0.3) is 0 Å². The Morgan fingerprint density at radius 3 is 2.58 bits per heavy atom. The molecule has 3 rings (SSSR count). The standard InChI is InChI=1S/C20H22N2O3S/c1-13-4-9-17(10-14(13)2)22-19(24)12-26-20(22)15-5-7-16(8-6-15)21-18(23)11-25-3/h4-10,20H,11-12H2,1-3H3,(H,21,23). The highest BCUT2D eigenvalue weighted by atomic mass is 32.2. The highest BCUT2D eigenvalue weighted by molar-refractivity contribution is 8.00. The molecule has 0 aliphatic carbocycles. The molecule has 0 saturated carbocycles. The number of hydrogen-bond acceptors (Lipinski definition) is 4. The largest absolute Gasteiger partial charge is 0.375 e. The van der Waals surface area contributed by atoms with Crippen LogP contribution in [0.15, 0.2) is 42.5 Å². The molecule has 0 radical (unpaired) electrons. The first-order valence-corrected chi connectivity index (χ1v) is 9.44. The molecule has 0 spiro atoms. The van der Waals surface area contributed by atoms with E-state index in [0.717, 1.165) is 11.3 Å². The van der Waals surface area contributed by atoms with Crippen LogP contribution in [0.5, 0.6) is 0 Å². The summed E-state index contributed by atoms with van der Waals surface area (Å²) in [5.74, 6) is 0.382. The van der Waals surface area contributed by atoms with Crippen molar-refractivity contribution in [3.8, 4) is 0 Å². The maximum atomic E-state index is 12.5. The molecule has 26 heavy (non-hydrogen) atoms. The lowest BCUT2D eigenvalue weighted by Gasteiger charge is -2.25. The van der Waals surface area contributed by atoms with Gasteiger partial charge in [0, 0.05) is 18.5 Å². The fourth-order valence-electron chi connectivity index (χ4n) is 2.88. The molecule has 5 nitrogen and oxygen atoms in total. The average molecular weight is 370 g/mol. The van der Waals surface area contributed by atoms with Gasteiger partial charge in [-0.25, -0.2) is 0 Å². The molecule has 0 bridgehead atoms. The lowest BCUT2D eigenvalue weighted by atomic mass is 10.1. The third-order valence-electron chi connectivity index (χ3n) is 4.39. The smallest absolute Gasteiger partial charge is 0.250 e. The van der Waals surface area contributed by atoms with Crippen LogP contribution in [0.2, 0.25) is 0 Å². The zero-order valence-electron chi connectivity index (χ0n) is 15.1. The number of amides is 2. The number of carbonyl (C=O) groups is 2. The second-order valence-electron chi connectivity index (χ2n) is 6.30. The van der Waals surface area contributed by atoms with Gasteiger partial charge in [-0.2, -0.15) is 0 Å². The number of rotatable bonds is 5. The molecule has 136 valence electrons. The third-order valence-corrected chi connectivity index (χ3v) is 5.60. The molecule has 1 fully saturated rings. The van der Waals surface area contributed by atoms with Gasteiger partial charge in [-0.3, -0.25) is 14.5 Å². The van der Waals surface area contributed by atoms with Crippen molar-refractivity contribution in [2.45, 2.75) is 19.2 Å². The Kier molecular flexibility index (Phi) is 5.64. The highest BCUT2D eigenvalue weighted by Crippen LogP contribution is 2.42. The quantitative estimate of drug-likeness (QED) is 0.872. The summed E-state index contributed by atoms with van der Waals surface area (Å²) in [4.78, 5) is 25.9. The first kappa shape index (κ1) is 18.5. The van der Waals surface area contributed by atoms with E-state index in [9.17, 15) is 9.59 Å². The van der Waals surface area contributed by atoms with Crippen LogP contribution < -0.4 is 10.2 Å². The van der Waals surface area contributed by atoms with Gasteiger partial charge in [0.1, 0.15) is 12.0 Å². The van der Waals surface area contributed by atoms with Crippen molar-refractivity contribution in [1.82, 2.24) is 0 Å². The van der Waals surface area contributed by atoms with Crippen molar-refractivity contribution in [2.24, 2.45) is 0 Å². The Morgan fingerprint density at radius 2 is 1.92 bits per heavy atom. The lowest BCUT2D eigenvalue weighted by Crippen LogP contribution is -2.27. The topological polar surface area (TPSA) is 58.6 Å². The van der Waals surface area contributed by atoms with Gasteiger partial charge in [0.2, 0.25) is 11.8 Å². The number of anilines is 2. The van der Waals surface area contributed by atoms with E-state index in [2.05, 4.69) is 25.2 Å². The van der Waals surface area contributed by atoms with Crippen LogP contribution in [-0.2, 0) is 14.3 Å². The van der Waals surface area contributed by atoms with E-state index in [0.29, 0.717) is 11.4 Å². The molecular weight excluding hydrogens is 348 g/mol. The molecule has 1 atom stereocenters. The predicted octanol–water partition coefficient (Wildman–Crippen LogP) is 3.67. The minimum absolute atomic E-state index is 0.0231. The van der Waals surface area contributed by atoms with E-state index < -0.39 is 0 Å². The molecule has 1 saturated heterocycles. The summed E-state index contributed by atoms with van der Waals surface area (Å²) >= 11 is 1.61. The molecule has 0 aromatic heterocycles. The number of aryl methyl sites for hydroxylation is 2. The summed E-state index contributed by atoms with van der Waals surface area (Å²) in [7, 11) is 1.48. The number of methoxy groups -OCH3 is 1. The number of ether oxygens (including phenoxy) is 1. The molecule has 2 aromatic carbocycles. The van der Waals surface area contributed by atoms with Gasteiger partial charge in [0.05, 0.1) is 5.75 Å². The van der Waals surface area contributed by atoms with Crippen molar-refractivity contribution in [1.29, 1.82) is 0 Å². The molecule has 2 aromatic rings. The maximum Gasteiger partial charge on any atom is 0.250 e. The first-order valence-electron chi connectivity index (χ1n) is 8.39. The second-order valence-corrected chi connectivity index (χ2v) is 7.37. The van der Waals surface area contributed by atoms with Gasteiger partial charge in [-0.05, 0) is 54.8 Å². The summed E-state index contributed by atoms with van der Waals surface area (Å²) < 4.78 is 4.81. The lowest BCUT2D eigenvalue weighted by molar-refractivity contribution is -0.119. The van der Waals surface area contributed by atoms with E-state index in [1.807, 2.05) is 41.3 Å². The van der Waals surface area contributed by atoms with E-state index in [4.69, 9.17) is 4.74 Å². The molecule has 1 heterocycles. The van der Waals surface area contributed by atoms with Crippen molar-refractivity contribution in [3.63, 3.8) is 0 Å². The van der Waals surface area contributed by atoms with E-state index in [-0.39, 0.29) is 23.8 Å². The van der Waals surface area contributed by atoms with Gasteiger partial charge in [-0.1, -0.05) is 18.2 Å². The summed E-state index contributed by atoms with van der Waals surface area (Å²) in [6, 6.07) is 13.7. The van der Waals surface area contributed by atoms with Gasteiger partial charge in [0.25, 0.3) is 0 Å². The normalized spacial score (nSPS) is 16.8. The number of thioether (sulfide) groups is 1. The van der Waals surface area contributed by atoms with E-state index >= 15 is 0 Å². The Morgan fingerprint density at radius 1 is 1.19 bits per heavy atom. The van der Waals surface area contributed by atoms with Gasteiger partial charge < -0.3 is 10.1 Å². The number of nitrogens with zero attached hydrogens (tertiary/aromatic N) is 1. The van der Waals surface area contributed by atoms with Crippen molar-refractivity contribution < 1.29 is 14.3 Å². The highest BCUT2D eigenvalue weighted by Gasteiger charge is 2.34. The Labute approximate surface area is 157 Å². The van der Waals surface area contributed by atoms with Crippen molar-refractivity contribution in [3.05, 3.63) is 59.2 Å². The number of nitrogens with one attached hydrogen (secondary N) is 1. The summed E-state index contributed by atoms with van der Waals surface area (Å²) in [5, 5.41) is 2.71. The van der Waals surface area contributed by atoms with Crippen LogP contribution >= 0.6 is 11.8 Å². The summed E-state index contributed by atoms with van der Waals surface area (Å²) in [6.07, 6.45) is 0. The first-order chi connectivity index (χ1) is 12.5. The number of hydrogen-bond donors (Lipinski definition) is 1. The zero-order chi connectivity index (χ0) is 18.7. The summed E-state index contributed by atoms with van der Waals surface area (Å²) in [5.41, 5.74) is 5.04. The minimum atomic E-state index is -0.192. The SMILES string of the molecule is COCC(=O)Nc1ccc(C2SCC(=O)N2c2ccc(C)c(C)c2)cc1. The Bertz CT molecular complexity index is 820. The van der Waals surface area contributed by atoms with Crippen molar-refractivity contribution >= 4 is 35.0 Å². The second kappa shape index (κ2) is 7.93. The van der Waals surface area contributed by atoms with Crippen LogP contribution in [0.1, 0.15) is 22.1 Å². The fraction of sp³-hybridized carbons (Fsp3) is 0.300. The van der Waals surface area contributed by atoms with Crippen molar-refractivity contribution in [2.75, 3.05) is 29.7 Å². The van der Waals surface area contributed by atoms with E-state index in [1.165, 1.54) is 18.2 Å². The average Bonchev–Trinajstić information content (AvgIpc) is 3.00. The summed E-state index contributed by atoms with van der Waals surface area (Å²) in [6.45, 7) is 4.14. The number of carbonyl (C=O) groups excluding carboxylic acids is 2. The fourth-order valence-corrected chi connectivity index (χ4v) is 4.06. The van der Waals surface area contributed by atoms with E-state index in [1.54, 1.807) is 11.8 Å². The van der Waals surface area contributed by atoms with Crippen LogP contribution in [0.3, 0.4) is 0 Å². The maximum absolute atomic E-state index is 12.5. The molecule has 1 aliphatic heterocycles. The molecule has 1 unspecified atom stereocenters. The molecule has 2 amide bonds. The monoisotopic (exact) mass is 370 g/mol. The predicted molar refractivity (Wildman–Crippen MR) is 106 cm³/mol. The Hall–Kier alpha value is -2.31. The minimum Gasteiger partial charge on any atom is -0.375 e. The molecular formula is C20H22N2O3S. The third kappa shape index (κ3) is 3.92. The molecule has 1 N–H and O–H groups in total. The van der Waals surface area contributed by atoms with Gasteiger partial charge in [-0.15, -0.1) is 11.8 Å². The molecule has 6 heteroatoms.